The van der Waals surface area contributed by atoms with Gasteiger partial charge in [-0.1, -0.05) is 19.8 Å². The van der Waals surface area contributed by atoms with Gasteiger partial charge in [0.2, 0.25) is 10.0 Å². The Labute approximate surface area is 78.5 Å². The van der Waals surface area contributed by atoms with E-state index < -0.39 is 16.0 Å². The van der Waals surface area contributed by atoms with Gasteiger partial charge in [0.05, 0.1) is 6.26 Å². The normalized spacial score (nSPS) is 11.2. The third-order valence-corrected chi connectivity index (χ3v) is 1.68. The van der Waals surface area contributed by atoms with Gasteiger partial charge in [-0.3, -0.25) is 4.79 Å². The van der Waals surface area contributed by atoms with Crippen molar-refractivity contribution in [1.82, 2.24) is 4.89 Å². The molecule has 0 fully saturated rings. The van der Waals surface area contributed by atoms with Crippen LogP contribution in [0, 0.1) is 0 Å². The number of carbonyl (C=O) groups excluding carboxylic acids is 1. The van der Waals surface area contributed by atoms with E-state index in [9.17, 15) is 13.2 Å². The summed E-state index contributed by atoms with van der Waals surface area (Å²) in [5.74, 6) is -0.543. The van der Waals surface area contributed by atoms with Crippen molar-refractivity contribution in [3.05, 3.63) is 0 Å². The first-order chi connectivity index (χ1) is 5.95. The molecule has 13 heavy (non-hydrogen) atoms. The number of hydrogen-bond acceptors (Lipinski definition) is 4. The third-order valence-electron chi connectivity index (χ3n) is 1.29. The van der Waals surface area contributed by atoms with Crippen LogP contribution in [0.1, 0.15) is 32.6 Å². The number of sulfonamides is 1. The highest BCUT2D eigenvalue weighted by molar-refractivity contribution is 7.88. The lowest BCUT2D eigenvalue weighted by molar-refractivity contribution is -0.147. The van der Waals surface area contributed by atoms with Gasteiger partial charge in [0.1, 0.15) is 0 Å². The van der Waals surface area contributed by atoms with E-state index in [-0.39, 0.29) is 6.42 Å². The molecule has 0 saturated carbocycles. The summed E-state index contributed by atoms with van der Waals surface area (Å²) < 4.78 is 21.0. The minimum absolute atomic E-state index is 0.246. The SMILES string of the molecule is CCCCCC(=O)ONS(C)(=O)=O. The summed E-state index contributed by atoms with van der Waals surface area (Å²) in [5, 5.41) is 0. The predicted molar refractivity (Wildman–Crippen MR) is 48.2 cm³/mol. The Morgan fingerprint density at radius 2 is 2.00 bits per heavy atom. The molecule has 0 aromatic heterocycles. The highest BCUT2D eigenvalue weighted by Crippen LogP contribution is 1.99. The quantitative estimate of drug-likeness (QED) is 0.513. The number of carbonyl (C=O) groups is 1. The predicted octanol–water partition coefficient (Wildman–Crippen LogP) is 0.574. The van der Waals surface area contributed by atoms with Crippen LogP contribution in [-0.4, -0.2) is 20.6 Å². The summed E-state index contributed by atoms with van der Waals surface area (Å²) in [7, 11) is -3.44. The van der Waals surface area contributed by atoms with Gasteiger partial charge >= 0.3 is 5.97 Å². The lowest BCUT2D eigenvalue weighted by atomic mass is 10.2. The van der Waals surface area contributed by atoms with Crippen LogP contribution in [0.4, 0.5) is 0 Å². The van der Waals surface area contributed by atoms with Crippen molar-refractivity contribution >= 4 is 16.0 Å². The van der Waals surface area contributed by atoms with Gasteiger partial charge < -0.3 is 4.84 Å². The van der Waals surface area contributed by atoms with Crippen molar-refractivity contribution in [2.24, 2.45) is 0 Å². The van der Waals surface area contributed by atoms with E-state index in [2.05, 4.69) is 4.84 Å². The van der Waals surface area contributed by atoms with Gasteiger partial charge in [-0.05, 0) is 11.3 Å². The lowest BCUT2D eigenvalue weighted by Gasteiger charge is -2.02. The lowest BCUT2D eigenvalue weighted by Crippen LogP contribution is -2.25. The van der Waals surface area contributed by atoms with Crippen molar-refractivity contribution in [2.45, 2.75) is 32.6 Å². The van der Waals surface area contributed by atoms with Crippen LogP contribution < -0.4 is 4.89 Å². The van der Waals surface area contributed by atoms with Crippen molar-refractivity contribution < 1.29 is 18.0 Å². The Morgan fingerprint density at radius 1 is 1.38 bits per heavy atom. The van der Waals surface area contributed by atoms with Gasteiger partial charge in [-0.2, -0.15) is 0 Å². The molecule has 5 nitrogen and oxygen atoms in total. The monoisotopic (exact) mass is 209 g/mol. The van der Waals surface area contributed by atoms with Crippen LogP contribution in [0.3, 0.4) is 0 Å². The summed E-state index contributed by atoms with van der Waals surface area (Å²) in [6.07, 6.45) is 3.84. The van der Waals surface area contributed by atoms with Crippen LogP contribution in [0.5, 0.6) is 0 Å². The Bertz CT molecular complexity index is 247. The zero-order chi connectivity index (χ0) is 10.3. The van der Waals surface area contributed by atoms with Gasteiger partial charge in [0.15, 0.2) is 0 Å². The number of unbranched alkanes of at least 4 members (excludes halogenated alkanes) is 2. The minimum atomic E-state index is -3.44. The van der Waals surface area contributed by atoms with E-state index in [4.69, 9.17) is 0 Å². The smallest absolute Gasteiger partial charge is 0.326 e. The van der Waals surface area contributed by atoms with E-state index >= 15 is 0 Å². The van der Waals surface area contributed by atoms with Crippen molar-refractivity contribution in [3.63, 3.8) is 0 Å². The molecular formula is C7H15NO4S. The van der Waals surface area contributed by atoms with E-state index in [0.717, 1.165) is 25.5 Å². The molecule has 0 aromatic carbocycles. The molecule has 0 aromatic rings. The number of nitrogens with one attached hydrogen (secondary N) is 1. The Morgan fingerprint density at radius 3 is 2.46 bits per heavy atom. The molecule has 0 saturated heterocycles. The van der Waals surface area contributed by atoms with Crippen LogP contribution in [0.15, 0.2) is 0 Å². The first-order valence-electron chi connectivity index (χ1n) is 4.12. The fourth-order valence-electron chi connectivity index (χ4n) is 0.693. The largest absolute Gasteiger partial charge is 0.356 e. The van der Waals surface area contributed by atoms with Crippen molar-refractivity contribution in [1.29, 1.82) is 0 Å². The van der Waals surface area contributed by atoms with Crippen molar-refractivity contribution in [2.75, 3.05) is 6.26 Å². The Kier molecular flexibility index (Phi) is 5.65. The zero-order valence-electron chi connectivity index (χ0n) is 7.87. The maximum atomic E-state index is 10.8. The van der Waals surface area contributed by atoms with E-state index in [0.29, 0.717) is 0 Å². The molecule has 0 radical (unpaired) electrons. The second-order valence-corrected chi connectivity index (χ2v) is 4.50. The highest BCUT2D eigenvalue weighted by Gasteiger charge is 2.06. The van der Waals surface area contributed by atoms with E-state index in [1.807, 2.05) is 6.92 Å². The fourth-order valence-corrected chi connectivity index (χ4v) is 0.937. The molecule has 0 unspecified atom stereocenters. The van der Waals surface area contributed by atoms with E-state index in [1.165, 1.54) is 0 Å². The average molecular weight is 209 g/mol. The molecule has 0 spiro atoms. The molecule has 0 aliphatic carbocycles. The average Bonchev–Trinajstić information content (AvgIpc) is 2.00. The van der Waals surface area contributed by atoms with Crippen LogP contribution in [0.2, 0.25) is 0 Å². The van der Waals surface area contributed by atoms with Gasteiger partial charge in [-0.15, -0.1) is 0 Å². The van der Waals surface area contributed by atoms with Gasteiger partial charge in [-0.25, -0.2) is 8.42 Å². The van der Waals surface area contributed by atoms with Crippen LogP contribution in [-0.2, 0) is 19.7 Å². The maximum Gasteiger partial charge on any atom is 0.326 e. The molecule has 78 valence electrons. The molecule has 6 heteroatoms. The molecular weight excluding hydrogens is 194 g/mol. The van der Waals surface area contributed by atoms with Crippen LogP contribution >= 0.6 is 0 Å². The summed E-state index contributed by atoms with van der Waals surface area (Å²) in [6.45, 7) is 2.01. The molecule has 0 bridgehead atoms. The van der Waals surface area contributed by atoms with Gasteiger partial charge in [0.25, 0.3) is 0 Å². The van der Waals surface area contributed by atoms with Crippen LogP contribution in [0.25, 0.3) is 0 Å². The molecule has 0 rings (SSSR count). The number of hydrogen-bond donors (Lipinski definition) is 1. The Hall–Kier alpha value is -0.620. The standard InChI is InChI=1S/C7H15NO4S/c1-3-4-5-6-7(9)12-8-13(2,10)11/h8H,3-6H2,1-2H3. The zero-order valence-corrected chi connectivity index (χ0v) is 8.69. The minimum Gasteiger partial charge on any atom is -0.356 e. The summed E-state index contributed by atoms with van der Waals surface area (Å²) >= 11 is 0. The third kappa shape index (κ3) is 9.29. The second kappa shape index (κ2) is 5.93. The summed E-state index contributed by atoms with van der Waals surface area (Å²) in [6, 6.07) is 0. The summed E-state index contributed by atoms with van der Waals surface area (Å²) in [5.41, 5.74) is 0. The molecule has 0 amide bonds. The van der Waals surface area contributed by atoms with Gasteiger partial charge in [0, 0.05) is 6.42 Å². The summed E-state index contributed by atoms with van der Waals surface area (Å²) in [4.78, 5) is 16.8. The first kappa shape index (κ1) is 12.4. The molecule has 0 aliphatic heterocycles. The highest BCUT2D eigenvalue weighted by atomic mass is 32.2. The molecule has 0 aliphatic rings. The first-order valence-corrected chi connectivity index (χ1v) is 6.01. The molecule has 0 heterocycles. The second-order valence-electron chi connectivity index (χ2n) is 2.79. The fraction of sp³-hybridized carbons (Fsp3) is 0.857. The Balaban J connectivity index is 3.53. The topological polar surface area (TPSA) is 72.5 Å². The molecule has 0 atom stereocenters. The molecule has 1 N–H and O–H groups in total. The number of rotatable bonds is 6. The van der Waals surface area contributed by atoms with E-state index in [1.54, 1.807) is 4.89 Å². The van der Waals surface area contributed by atoms with Crippen molar-refractivity contribution in [3.8, 4) is 0 Å². The maximum absolute atomic E-state index is 10.8.